The van der Waals surface area contributed by atoms with Crippen LogP contribution in [0.5, 0.6) is 11.6 Å². The number of aromatic nitrogens is 3. The van der Waals surface area contributed by atoms with E-state index in [1.165, 1.54) is 11.0 Å². The highest BCUT2D eigenvalue weighted by atomic mass is 19.1. The number of carbonyl (C=O) groups is 2. The van der Waals surface area contributed by atoms with Crippen molar-refractivity contribution in [1.29, 1.82) is 0 Å². The molecule has 10 nitrogen and oxygen atoms in total. The number of fused-ring (bicyclic) bond motifs is 1. The van der Waals surface area contributed by atoms with Crippen molar-refractivity contribution in [3.05, 3.63) is 66.2 Å². The number of rotatable bonds is 7. The molecule has 2 aromatic heterocycles. The van der Waals surface area contributed by atoms with Gasteiger partial charge in [0.15, 0.2) is 0 Å². The molecule has 2 amide bonds. The average molecular weight is 557 g/mol. The van der Waals surface area contributed by atoms with Crippen molar-refractivity contribution >= 4 is 34.4 Å². The highest BCUT2D eigenvalue weighted by Gasteiger charge is 2.30. The third-order valence-electron chi connectivity index (χ3n) is 7.42. The van der Waals surface area contributed by atoms with E-state index in [-0.39, 0.29) is 23.6 Å². The first-order chi connectivity index (χ1) is 19.9. The number of benzene rings is 2. The molecule has 0 bridgehead atoms. The molecule has 41 heavy (non-hydrogen) atoms. The summed E-state index contributed by atoms with van der Waals surface area (Å²) in [7, 11) is 0. The van der Waals surface area contributed by atoms with Crippen molar-refractivity contribution in [2.75, 3.05) is 23.7 Å². The molecule has 3 N–H and O–H groups in total. The van der Waals surface area contributed by atoms with Crippen molar-refractivity contribution < 1.29 is 23.8 Å². The van der Waals surface area contributed by atoms with Crippen molar-refractivity contribution in [1.82, 2.24) is 19.9 Å². The van der Waals surface area contributed by atoms with Crippen LogP contribution in [0.2, 0.25) is 0 Å². The first-order valence-electron chi connectivity index (χ1n) is 13.6. The van der Waals surface area contributed by atoms with Crippen LogP contribution in [0.3, 0.4) is 0 Å². The fourth-order valence-corrected chi connectivity index (χ4v) is 5.09. The predicted molar refractivity (Wildman–Crippen MR) is 152 cm³/mol. The monoisotopic (exact) mass is 556 g/mol. The fraction of sp³-hybridized carbons (Fsp3) is 0.300. The Bertz CT molecular complexity index is 1640. The lowest BCUT2D eigenvalue weighted by Crippen LogP contribution is -2.44. The van der Waals surface area contributed by atoms with E-state index < -0.39 is 11.9 Å². The Morgan fingerprint density at radius 3 is 2.68 bits per heavy atom. The molecule has 1 saturated carbocycles. The van der Waals surface area contributed by atoms with Crippen molar-refractivity contribution in [3.8, 4) is 22.9 Å². The van der Waals surface area contributed by atoms with Crippen molar-refractivity contribution in [2.45, 2.75) is 38.6 Å². The Hall–Kier alpha value is -4.80. The number of halogens is 1. The quantitative estimate of drug-likeness (QED) is 0.259. The number of hydrogen-bond donors (Lipinski definition) is 3. The molecule has 0 spiro atoms. The Labute approximate surface area is 235 Å². The Kier molecular flexibility index (Phi) is 7.08. The number of amides is 2. The number of likely N-dealkylation sites (tertiary alicyclic amines) is 1. The molecule has 1 saturated heterocycles. The van der Waals surface area contributed by atoms with Crippen molar-refractivity contribution in [2.24, 2.45) is 5.92 Å². The van der Waals surface area contributed by atoms with E-state index >= 15 is 0 Å². The molecule has 11 heteroatoms. The zero-order chi connectivity index (χ0) is 28.5. The number of aryl methyl sites for hydroxylation is 1. The summed E-state index contributed by atoms with van der Waals surface area (Å²) in [4.78, 5) is 38.7. The van der Waals surface area contributed by atoms with Crippen LogP contribution in [0.4, 0.5) is 20.8 Å². The molecular formula is C30H29FN6O4. The number of ether oxygens (including phenoxy) is 1. The topological polar surface area (TPSA) is 130 Å². The van der Waals surface area contributed by atoms with Crippen molar-refractivity contribution in [3.63, 3.8) is 0 Å². The number of piperidine rings is 1. The molecule has 1 unspecified atom stereocenters. The lowest BCUT2D eigenvalue weighted by molar-refractivity contribution is -0.117. The second kappa shape index (κ2) is 11.0. The van der Waals surface area contributed by atoms with E-state index in [9.17, 15) is 19.1 Å². The normalized spacial score (nSPS) is 16.8. The lowest BCUT2D eigenvalue weighted by atomic mass is 10.0. The molecule has 0 radical (unpaired) electrons. The first-order valence-corrected chi connectivity index (χ1v) is 13.6. The minimum Gasteiger partial charge on any atom is -0.465 e. The summed E-state index contributed by atoms with van der Waals surface area (Å²) in [5.74, 6) is 0.419. The molecule has 1 atom stereocenters. The van der Waals surface area contributed by atoms with E-state index in [1.54, 1.807) is 36.7 Å². The van der Waals surface area contributed by atoms with Gasteiger partial charge in [0.05, 0.1) is 16.9 Å². The van der Waals surface area contributed by atoms with Gasteiger partial charge in [-0.25, -0.2) is 24.1 Å². The zero-order valence-corrected chi connectivity index (χ0v) is 22.4. The molecular weight excluding hydrogens is 527 g/mol. The largest absolute Gasteiger partial charge is 0.465 e. The number of anilines is 2. The second-order valence-corrected chi connectivity index (χ2v) is 10.4. The maximum atomic E-state index is 14.9. The summed E-state index contributed by atoms with van der Waals surface area (Å²) in [5, 5.41) is 16.6. The standard InChI is InChI=1S/C30H29FN6O4/c1-17-6-9-20-21(10-11-23(31)25(20)36-27(38)18-7-8-18)26(17)41-28-22(5-2-13-32-28)24-12-14-33-29(35-24)34-19-4-3-15-37(16-19)30(39)40/h2,5-6,9-14,18-19H,3-4,7-8,15-16H2,1H3,(H,36,38)(H,39,40)(H,33,34,35). The summed E-state index contributed by atoms with van der Waals surface area (Å²) < 4.78 is 21.3. The van der Waals surface area contributed by atoms with Gasteiger partial charge in [-0.3, -0.25) is 4.79 Å². The molecule has 3 heterocycles. The minimum absolute atomic E-state index is 0.0663. The summed E-state index contributed by atoms with van der Waals surface area (Å²) in [6, 6.07) is 11.8. The molecule has 1 aliphatic carbocycles. The van der Waals surface area contributed by atoms with Crippen LogP contribution in [-0.2, 0) is 4.79 Å². The van der Waals surface area contributed by atoms with E-state index in [0.717, 1.165) is 31.2 Å². The average Bonchev–Trinajstić information content (AvgIpc) is 3.82. The summed E-state index contributed by atoms with van der Waals surface area (Å²) in [5.41, 5.74) is 2.14. The number of nitrogens with one attached hydrogen (secondary N) is 2. The van der Waals surface area contributed by atoms with Gasteiger partial charge in [0.25, 0.3) is 0 Å². The van der Waals surface area contributed by atoms with Crippen LogP contribution in [-0.4, -0.2) is 56.1 Å². The lowest BCUT2D eigenvalue weighted by Gasteiger charge is -2.31. The SMILES string of the molecule is Cc1ccc2c(NC(=O)C3CC3)c(F)ccc2c1Oc1ncccc1-c1ccnc(NC2CCCN(C(=O)O)C2)n1. The fourth-order valence-electron chi connectivity index (χ4n) is 5.09. The van der Waals surface area contributed by atoms with Gasteiger partial charge in [-0.15, -0.1) is 0 Å². The van der Waals surface area contributed by atoms with E-state index in [4.69, 9.17) is 4.74 Å². The summed E-state index contributed by atoms with van der Waals surface area (Å²) in [6.07, 6.45) is 5.49. The van der Waals surface area contributed by atoms with Crippen LogP contribution in [0.1, 0.15) is 31.2 Å². The van der Waals surface area contributed by atoms with E-state index in [0.29, 0.717) is 52.7 Å². The molecule has 4 aromatic rings. The first kappa shape index (κ1) is 26.4. The highest BCUT2D eigenvalue weighted by molar-refractivity contribution is 6.05. The Balaban J connectivity index is 1.30. The van der Waals surface area contributed by atoms with Crippen LogP contribution in [0, 0.1) is 18.7 Å². The third kappa shape index (κ3) is 5.60. The van der Waals surface area contributed by atoms with Gasteiger partial charge in [0.1, 0.15) is 11.6 Å². The summed E-state index contributed by atoms with van der Waals surface area (Å²) in [6.45, 7) is 2.76. The maximum Gasteiger partial charge on any atom is 0.407 e. The van der Waals surface area contributed by atoms with Gasteiger partial charge in [0, 0.05) is 48.2 Å². The maximum absolute atomic E-state index is 14.9. The Morgan fingerprint density at radius 1 is 1.05 bits per heavy atom. The molecule has 2 aliphatic rings. The van der Waals surface area contributed by atoms with Crippen LogP contribution >= 0.6 is 0 Å². The number of carboxylic acid groups (broad SMARTS) is 1. The van der Waals surface area contributed by atoms with Gasteiger partial charge in [0.2, 0.25) is 17.7 Å². The van der Waals surface area contributed by atoms with Gasteiger partial charge >= 0.3 is 6.09 Å². The molecule has 6 rings (SSSR count). The second-order valence-electron chi connectivity index (χ2n) is 10.4. The van der Waals surface area contributed by atoms with Crippen LogP contribution in [0.15, 0.2) is 54.9 Å². The molecule has 2 aromatic carbocycles. The molecule has 210 valence electrons. The summed E-state index contributed by atoms with van der Waals surface area (Å²) >= 11 is 0. The van der Waals surface area contributed by atoms with Gasteiger partial charge in [-0.05, 0) is 68.5 Å². The van der Waals surface area contributed by atoms with Crippen LogP contribution < -0.4 is 15.4 Å². The smallest absolute Gasteiger partial charge is 0.407 e. The minimum atomic E-state index is -0.938. The number of hydrogen-bond acceptors (Lipinski definition) is 7. The van der Waals surface area contributed by atoms with Crippen LogP contribution in [0.25, 0.3) is 22.0 Å². The van der Waals surface area contributed by atoms with E-state index in [2.05, 4.69) is 25.6 Å². The van der Waals surface area contributed by atoms with Gasteiger partial charge < -0.3 is 25.4 Å². The zero-order valence-electron chi connectivity index (χ0n) is 22.4. The van der Waals surface area contributed by atoms with Gasteiger partial charge in [-0.2, -0.15) is 0 Å². The third-order valence-corrected chi connectivity index (χ3v) is 7.42. The van der Waals surface area contributed by atoms with Gasteiger partial charge in [-0.1, -0.05) is 12.1 Å². The molecule has 1 aliphatic heterocycles. The predicted octanol–water partition coefficient (Wildman–Crippen LogP) is 5.83. The highest BCUT2D eigenvalue weighted by Crippen LogP contribution is 2.40. The number of nitrogens with zero attached hydrogens (tertiary/aromatic N) is 4. The van der Waals surface area contributed by atoms with E-state index in [1.807, 2.05) is 19.1 Å². The molecule has 2 fully saturated rings. The Morgan fingerprint density at radius 2 is 1.88 bits per heavy atom. The number of carbonyl (C=O) groups excluding carboxylic acids is 1. The number of pyridine rings is 1.